The van der Waals surface area contributed by atoms with Gasteiger partial charge in [0.2, 0.25) is 0 Å². The van der Waals surface area contributed by atoms with Crippen molar-refractivity contribution in [3.8, 4) is 56.4 Å². The van der Waals surface area contributed by atoms with Crippen LogP contribution in [-0.4, -0.2) is 15.0 Å². The number of rotatable bonds is 8. The number of hydrogen-bond donors (Lipinski definition) is 0. The first-order chi connectivity index (χ1) is 29.7. The quantitative estimate of drug-likeness (QED) is 0.154. The molecule has 0 N–H and O–H groups in total. The van der Waals surface area contributed by atoms with E-state index in [0.717, 1.165) is 77.6 Å². The number of hydrogen-bond acceptors (Lipinski definition) is 5. The second-order valence-electron chi connectivity index (χ2n) is 14.8. The lowest BCUT2D eigenvalue weighted by Crippen LogP contribution is -2.10. The number of aromatic nitrogens is 3. The molecule has 2 aromatic heterocycles. The van der Waals surface area contributed by atoms with Gasteiger partial charge >= 0.3 is 0 Å². The molecule has 11 rings (SSSR count). The van der Waals surface area contributed by atoms with Gasteiger partial charge < -0.3 is 9.32 Å². The highest BCUT2D eigenvalue weighted by molar-refractivity contribution is 6.13. The summed E-state index contributed by atoms with van der Waals surface area (Å²) >= 11 is 0. The van der Waals surface area contributed by atoms with Crippen LogP contribution in [0.5, 0.6) is 0 Å². The minimum absolute atomic E-state index is 0.560. The van der Waals surface area contributed by atoms with Gasteiger partial charge in [0.05, 0.1) is 5.69 Å². The smallest absolute Gasteiger partial charge is 0.164 e. The van der Waals surface area contributed by atoms with Gasteiger partial charge in [-0.2, -0.15) is 0 Å². The van der Waals surface area contributed by atoms with Crippen LogP contribution in [0.2, 0.25) is 0 Å². The van der Waals surface area contributed by atoms with Crippen molar-refractivity contribution in [2.24, 2.45) is 0 Å². The van der Waals surface area contributed by atoms with E-state index in [1.54, 1.807) is 0 Å². The first-order valence-corrected chi connectivity index (χ1v) is 20.1. The SMILES string of the molecule is c1ccc(-c2cccc(-c3cccc(N(c4ccccc4)c4cc(-c5nc(-c6ccccc6)nc(-c6cccc7ccccc67)n5)c5c(c4)oc4ccccc45)c3)c2)cc1. The van der Waals surface area contributed by atoms with E-state index in [4.69, 9.17) is 19.4 Å². The summed E-state index contributed by atoms with van der Waals surface area (Å²) in [6.07, 6.45) is 0. The van der Waals surface area contributed by atoms with Crippen LogP contribution in [0.3, 0.4) is 0 Å². The Morgan fingerprint density at radius 3 is 1.63 bits per heavy atom. The van der Waals surface area contributed by atoms with Crippen molar-refractivity contribution in [3.63, 3.8) is 0 Å². The van der Waals surface area contributed by atoms with E-state index in [-0.39, 0.29) is 0 Å². The van der Waals surface area contributed by atoms with E-state index in [1.165, 1.54) is 11.1 Å². The maximum atomic E-state index is 6.71. The molecule has 0 aliphatic rings. The van der Waals surface area contributed by atoms with Gasteiger partial charge in [-0.15, -0.1) is 0 Å². The average Bonchev–Trinajstić information content (AvgIpc) is 3.71. The number of anilines is 3. The third kappa shape index (κ3) is 6.45. The highest BCUT2D eigenvalue weighted by Gasteiger charge is 2.23. The van der Waals surface area contributed by atoms with Crippen molar-refractivity contribution in [1.82, 2.24) is 15.0 Å². The molecular formula is C55H36N4O. The third-order valence-electron chi connectivity index (χ3n) is 11.1. The van der Waals surface area contributed by atoms with Crippen molar-refractivity contribution in [2.75, 3.05) is 4.90 Å². The van der Waals surface area contributed by atoms with Crippen molar-refractivity contribution >= 4 is 49.8 Å². The lowest BCUT2D eigenvalue weighted by molar-refractivity contribution is 0.669. The first-order valence-electron chi connectivity index (χ1n) is 20.1. The van der Waals surface area contributed by atoms with Crippen LogP contribution in [0, 0.1) is 0 Å². The minimum Gasteiger partial charge on any atom is -0.456 e. The lowest BCUT2D eigenvalue weighted by Gasteiger charge is -2.26. The average molecular weight is 769 g/mol. The van der Waals surface area contributed by atoms with E-state index in [1.807, 2.05) is 54.6 Å². The Balaban J connectivity index is 1.14. The van der Waals surface area contributed by atoms with Gasteiger partial charge in [-0.3, -0.25) is 0 Å². The predicted molar refractivity (Wildman–Crippen MR) is 246 cm³/mol. The van der Waals surface area contributed by atoms with Crippen molar-refractivity contribution < 1.29 is 4.42 Å². The van der Waals surface area contributed by atoms with E-state index < -0.39 is 0 Å². The molecule has 0 saturated carbocycles. The fourth-order valence-electron chi connectivity index (χ4n) is 8.26. The van der Waals surface area contributed by atoms with Gasteiger partial charge in [-0.05, 0) is 75.5 Å². The number of nitrogens with zero attached hydrogens (tertiary/aromatic N) is 4. The zero-order valence-corrected chi connectivity index (χ0v) is 32.5. The molecule has 5 nitrogen and oxygen atoms in total. The van der Waals surface area contributed by atoms with E-state index >= 15 is 0 Å². The summed E-state index contributed by atoms with van der Waals surface area (Å²) in [4.78, 5) is 18.0. The molecule has 0 aliphatic heterocycles. The maximum absolute atomic E-state index is 6.71. The molecule has 0 bridgehead atoms. The molecule has 2 heterocycles. The fraction of sp³-hybridized carbons (Fsp3) is 0. The van der Waals surface area contributed by atoms with E-state index in [2.05, 4.69) is 169 Å². The minimum atomic E-state index is 0.560. The summed E-state index contributed by atoms with van der Waals surface area (Å²) in [5.74, 6) is 1.76. The van der Waals surface area contributed by atoms with Gasteiger partial charge in [0.25, 0.3) is 0 Å². The van der Waals surface area contributed by atoms with Gasteiger partial charge in [-0.1, -0.05) is 170 Å². The van der Waals surface area contributed by atoms with Crippen LogP contribution in [0.4, 0.5) is 17.1 Å². The molecule has 11 aromatic rings. The third-order valence-corrected chi connectivity index (χ3v) is 11.1. The Kier molecular flexibility index (Phi) is 8.75. The second-order valence-corrected chi connectivity index (χ2v) is 14.8. The number of para-hydroxylation sites is 2. The van der Waals surface area contributed by atoms with E-state index in [9.17, 15) is 0 Å². The van der Waals surface area contributed by atoms with Crippen molar-refractivity contribution in [1.29, 1.82) is 0 Å². The monoisotopic (exact) mass is 768 g/mol. The van der Waals surface area contributed by atoms with Gasteiger partial charge in [-0.25, -0.2) is 15.0 Å². The van der Waals surface area contributed by atoms with Crippen LogP contribution >= 0.6 is 0 Å². The normalized spacial score (nSPS) is 11.3. The van der Waals surface area contributed by atoms with Gasteiger partial charge in [0.1, 0.15) is 11.2 Å². The van der Waals surface area contributed by atoms with E-state index in [0.29, 0.717) is 17.5 Å². The van der Waals surface area contributed by atoms with Gasteiger partial charge in [0, 0.05) is 44.9 Å². The van der Waals surface area contributed by atoms with Crippen molar-refractivity contribution in [3.05, 3.63) is 218 Å². The summed E-state index contributed by atoms with van der Waals surface area (Å²) in [5, 5.41) is 4.14. The summed E-state index contributed by atoms with van der Waals surface area (Å²) < 4.78 is 6.71. The molecule has 9 aromatic carbocycles. The molecule has 0 saturated heterocycles. The first kappa shape index (κ1) is 35.0. The molecule has 5 heteroatoms. The molecule has 0 aliphatic carbocycles. The molecule has 0 amide bonds. The Labute approximate surface area is 347 Å². The molecule has 60 heavy (non-hydrogen) atoms. The summed E-state index contributed by atoms with van der Waals surface area (Å²) in [6.45, 7) is 0. The van der Waals surface area contributed by atoms with Crippen LogP contribution in [0.1, 0.15) is 0 Å². The van der Waals surface area contributed by atoms with Crippen LogP contribution in [0.15, 0.2) is 223 Å². The standard InChI is InChI=1S/C55H36N4O/c1-4-17-37(18-5-1)40-23-14-24-41(33-40)42-25-15-28-44(34-42)59(43-26-8-3-9-27-43)45-35-49(52-48-30-12-13-32-50(48)60-51(52)36-45)55-57-53(39-20-6-2-7-21-39)56-54(58-55)47-31-16-22-38-19-10-11-29-46(38)47/h1-36H. The van der Waals surface area contributed by atoms with Crippen LogP contribution in [-0.2, 0) is 0 Å². The van der Waals surface area contributed by atoms with Crippen molar-refractivity contribution in [2.45, 2.75) is 0 Å². The number of fused-ring (bicyclic) bond motifs is 4. The molecular weight excluding hydrogens is 733 g/mol. The fourth-order valence-corrected chi connectivity index (χ4v) is 8.26. The van der Waals surface area contributed by atoms with Gasteiger partial charge in [0.15, 0.2) is 17.5 Å². The summed E-state index contributed by atoms with van der Waals surface area (Å²) in [6, 6.07) is 75.8. The lowest BCUT2D eigenvalue weighted by atomic mass is 9.98. The molecule has 0 spiro atoms. The predicted octanol–water partition coefficient (Wildman–Crippen LogP) is 14.7. The van der Waals surface area contributed by atoms with Crippen LogP contribution < -0.4 is 4.90 Å². The second kappa shape index (κ2) is 15.0. The number of benzene rings is 9. The maximum Gasteiger partial charge on any atom is 0.164 e. The molecule has 0 atom stereocenters. The Morgan fingerprint density at radius 2 is 0.850 bits per heavy atom. The Hall–Kier alpha value is -8.15. The zero-order chi connectivity index (χ0) is 39.8. The topological polar surface area (TPSA) is 55.1 Å². The summed E-state index contributed by atoms with van der Waals surface area (Å²) in [5.41, 5.74) is 11.8. The zero-order valence-electron chi connectivity index (χ0n) is 32.5. The largest absolute Gasteiger partial charge is 0.456 e. The number of furan rings is 1. The molecule has 0 fully saturated rings. The Bertz CT molecular complexity index is 3320. The summed E-state index contributed by atoms with van der Waals surface area (Å²) in [7, 11) is 0. The van der Waals surface area contributed by atoms with Crippen LogP contribution in [0.25, 0.3) is 89.1 Å². The molecule has 282 valence electrons. The molecule has 0 radical (unpaired) electrons. The Morgan fingerprint density at radius 1 is 0.317 bits per heavy atom. The molecule has 0 unspecified atom stereocenters. The highest BCUT2D eigenvalue weighted by Crippen LogP contribution is 2.44. The highest BCUT2D eigenvalue weighted by atomic mass is 16.3.